The van der Waals surface area contributed by atoms with Gasteiger partial charge in [-0.25, -0.2) is 0 Å². The molecular weight excluding hydrogens is 188 g/mol. The van der Waals surface area contributed by atoms with Crippen molar-refractivity contribution in [2.24, 2.45) is 4.99 Å². The normalized spacial score (nSPS) is 15.9. The van der Waals surface area contributed by atoms with E-state index in [1.165, 1.54) is 0 Å². The molecule has 0 radical (unpaired) electrons. The SMILES string of the molecule is Oc1[nH]c2ccccc2c1C1=NCCC1. The Morgan fingerprint density at radius 3 is 2.93 bits per heavy atom. The van der Waals surface area contributed by atoms with Crippen LogP contribution >= 0.6 is 0 Å². The van der Waals surface area contributed by atoms with Crippen molar-refractivity contribution in [3.8, 4) is 5.88 Å². The number of aromatic nitrogens is 1. The summed E-state index contributed by atoms with van der Waals surface area (Å²) in [7, 11) is 0. The van der Waals surface area contributed by atoms with E-state index < -0.39 is 0 Å². The first-order valence-corrected chi connectivity index (χ1v) is 5.19. The number of aromatic hydroxyl groups is 1. The van der Waals surface area contributed by atoms with Gasteiger partial charge in [-0.2, -0.15) is 0 Å². The molecule has 0 atom stereocenters. The Kier molecular flexibility index (Phi) is 1.78. The van der Waals surface area contributed by atoms with E-state index >= 15 is 0 Å². The van der Waals surface area contributed by atoms with Gasteiger partial charge in [0.2, 0.25) is 0 Å². The zero-order valence-electron chi connectivity index (χ0n) is 8.33. The minimum atomic E-state index is 0.247. The topological polar surface area (TPSA) is 48.4 Å². The number of fused-ring (bicyclic) bond motifs is 1. The van der Waals surface area contributed by atoms with Crippen molar-refractivity contribution in [3.05, 3.63) is 29.8 Å². The van der Waals surface area contributed by atoms with Gasteiger partial charge in [0.25, 0.3) is 0 Å². The summed E-state index contributed by atoms with van der Waals surface area (Å²) >= 11 is 0. The van der Waals surface area contributed by atoms with Crippen LogP contribution in [-0.2, 0) is 0 Å². The molecule has 3 heteroatoms. The molecule has 15 heavy (non-hydrogen) atoms. The molecular formula is C12H12N2O. The van der Waals surface area contributed by atoms with Crippen LogP contribution in [0.2, 0.25) is 0 Å². The first-order valence-electron chi connectivity index (χ1n) is 5.19. The first-order chi connectivity index (χ1) is 7.36. The van der Waals surface area contributed by atoms with Gasteiger partial charge in [-0.1, -0.05) is 18.2 Å². The summed E-state index contributed by atoms with van der Waals surface area (Å²) in [6, 6.07) is 7.92. The average molecular weight is 200 g/mol. The minimum Gasteiger partial charge on any atom is -0.494 e. The van der Waals surface area contributed by atoms with Gasteiger partial charge in [-0.05, 0) is 18.9 Å². The molecule has 1 aromatic heterocycles. The second-order valence-corrected chi connectivity index (χ2v) is 3.83. The number of rotatable bonds is 1. The number of aromatic amines is 1. The molecule has 0 spiro atoms. The first kappa shape index (κ1) is 8.53. The van der Waals surface area contributed by atoms with Crippen molar-refractivity contribution in [2.75, 3.05) is 6.54 Å². The monoisotopic (exact) mass is 200 g/mol. The van der Waals surface area contributed by atoms with Crippen molar-refractivity contribution in [2.45, 2.75) is 12.8 Å². The Morgan fingerprint density at radius 2 is 2.13 bits per heavy atom. The Bertz CT molecular complexity index is 540. The van der Waals surface area contributed by atoms with Crippen LogP contribution in [0.3, 0.4) is 0 Å². The van der Waals surface area contributed by atoms with Crippen molar-refractivity contribution in [1.82, 2.24) is 4.98 Å². The molecule has 0 saturated carbocycles. The lowest BCUT2D eigenvalue weighted by Gasteiger charge is -1.98. The molecule has 0 aliphatic carbocycles. The lowest BCUT2D eigenvalue weighted by molar-refractivity contribution is 0.457. The van der Waals surface area contributed by atoms with Crippen LogP contribution in [0.4, 0.5) is 0 Å². The average Bonchev–Trinajstić information content (AvgIpc) is 2.82. The minimum absolute atomic E-state index is 0.247. The fourth-order valence-electron chi connectivity index (χ4n) is 2.16. The molecule has 0 bridgehead atoms. The fourth-order valence-corrected chi connectivity index (χ4v) is 2.16. The van der Waals surface area contributed by atoms with Gasteiger partial charge in [-0.15, -0.1) is 0 Å². The molecule has 2 aromatic rings. The van der Waals surface area contributed by atoms with Crippen LogP contribution in [0.15, 0.2) is 29.3 Å². The number of aliphatic imine (C=N–C) groups is 1. The Labute approximate surface area is 87.5 Å². The second-order valence-electron chi connectivity index (χ2n) is 3.83. The summed E-state index contributed by atoms with van der Waals surface area (Å²) in [4.78, 5) is 7.40. The Hall–Kier alpha value is -1.77. The molecule has 1 aromatic carbocycles. The molecule has 2 N–H and O–H groups in total. The van der Waals surface area contributed by atoms with E-state index in [9.17, 15) is 5.11 Å². The zero-order valence-corrected chi connectivity index (χ0v) is 8.33. The van der Waals surface area contributed by atoms with Crippen LogP contribution < -0.4 is 0 Å². The molecule has 76 valence electrons. The van der Waals surface area contributed by atoms with Gasteiger partial charge in [0.1, 0.15) is 0 Å². The summed E-state index contributed by atoms with van der Waals surface area (Å²) in [5, 5.41) is 10.9. The lowest BCUT2D eigenvalue weighted by atomic mass is 10.1. The number of para-hydroxylation sites is 1. The smallest absolute Gasteiger partial charge is 0.198 e. The van der Waals surface area contributed by atoms with E-state index in [-0.39, 0.29) is 5.88 Å². The number of H-pyrrole nitrogens is 1. The number of nitrogens with zero attached hydrogens (tertiary/aromatic N) is 1. The summed E-state index contributed by atoms with van der Waals surface area (Å²) < 4.78 is 0. The van der Waals surface area contributed by atoms with Gasteiger partial charge in [0.05, 0.1) is 5.56 Å². The molecule has 3 nitrogen and oxygen atoms in total. The lowest BCUT2D eigenvalue weighted by Crippen LogP contribution is -1.94. The maximum atomic E-state index is 9.86. The number of hydrogen-bond acceptors (Lipinski definition) is 2. The maximum Gasteiger partial charge on any atom is 0.198 e. The zero-order chi connectivity index (χ0) is 10.3. The predicted octanol–water partition coefficient (Wildman–Crippen LogP) is 2.46. The highest BCUT2D eigenvalue weighted by molar-refractivity contribution is 6.13. The van der Waals surface area contributed by atoms with E-state index in [4.69, 9.17) is 0 Å². The molecule has 2 heterocycles. The number of benzene rings is 1. The van der Waals surface area contributed by atoms with Gasteiger partial charge < -0.3 is 10.1 Å². The van der Waals surface area contributed by atoms with E-state index in [0.29, 0.717) is 0 Å². The maximum absolute atomic E-state index is 9.86. The molecule has 1 aliphatic rings. The van der Waals surface area contributed by atoms with Gasteiger partial charge in [0, 0.05) is 23.2 Å². The fraction of sp³-hybridized carbons (Fsp3) is 0.250. The summed E-state index contributed by atoms with van der Waals surface area (Å²) in [6.07, 6.45) is 2.06. The standard InChI is InChI=1S/C12H12N2O/c15-12-11(10-6-3-7-13-10)8-4-1-2-5-9(8)14-12/h1-2,4-5,14-15H,3,6-7H2. The van der Waals surface area contributed by atoms with E-state index in [1.807, 2.05) is 24.3 Å². The van der Waals surface area contributed by atoms with E-state index in [2.05, 4.69) is 9.98 Å². The van der Waals surface area contributed by atoms with Crippen LogP contribution in [0.25, 0.3) is 10.9 Å². The Morgan fingerprint density at radius 1 is 1.27 bits per heavy atom. The molecule has 0 unspecified atom stereocenters. The highest BCUT2D eigenvalue weighted by atomic mass is 16.3. The third-order valence-electron chi connectivity index (χ3n) is 2.85. The van der Waals surface area contributed by atoms with Crippen molar-refractivity contribution in [3.63, 3.8) is 0 Å². The van der Waals surface area contributed by atoms with Crippen molar-refractivity contribution >= 4 is 16.6 Å². The van der Waals surface area contributed by atoms with Gasteiger partial charge in [-0.3, -0.25) is 4.99 Å². The predicted molar refractivity (Wildman–Crippen MR) is 60.6 cm³/mol. The van der Waals surface area contributed by atoms with Gasteiger partial charge in [0.15, 0.2) is 5.88 Å². The van der Waals surface area contributed by atoms with Crippen molar-refractivity contribution < 1.29 is 5.11 Å². The molecule has 0 fully saturated rings. The third kappa shape index (κ3) is 1.23. The molecule has 0 saturated heterocycles. The van der Waals surface area contributed by atoms with Crippen molar-refractivity contribution in [1.29, 1.82) is 0 Å². The highest BCUT2D eigenvalue weighted by Crippen LogP contribution is 2.30. The molecule has 0 amide bonds. The summed E-state index contributed by atoms with van der Waals surface area (Å²) in [6.45, 7) is 0.883. The number of nitrogens with one attached hydrogen (secondary N) is 1. The summed E-state index contributed by atoms with van der Waals surface area (Å²) in [5.41, 5.74) is 2.90. The third-order valence-corrected chi connectivity index (χ3v) is 2.85. The van der Waals surface area contributed by atoms with E-state index in [1.54, 1.807) is 0 Å². The largest absolute Gasteiger partial charge is 0.494 e. The molecule has 1 aliphatic heterocycles. The Balaban J connectivity index is 2.28. The van der Waals surface area contributed by atoms with Crippen LogP contribution in [0.1, 0.15) is 18.4 Å². The number of hydrogen-bond donors (Lipinski definition) is 2. The highest BCUT2D eigenvalue weighted by Gasteiger charge is 2.17. The van der Waals surface area contributed by atoms with E-state index in [0.717, 1.165) is 41.6 Å². The van der Waals surface area contributed by atoms with Crippen LogP contribution in [0.5, 0.6) is 5.88 Å². The quantitative estimate of drug-likeness (QED) is 0.729. The van der Waals surface area contributed by atoms with Crippen LogP contribution in [0, 0.1) is 0 Å². The van der Waals surface area contributed by atoms with Gasteiger partial charge >= 0.3 is 0 Å². The summed E-state index contributed by atoms with van der Waals surface area (Å²) in [5.74, 6) is 0.247. The molecule has 3 rings (SSSR count). The second kappa shape index (κ2) is 3.12. The van der Waals surface area contributed by atoms with Crippen LogP contribution in [-0.4, -0.2) is 22.3 Å².